The molecule has 1 heterocycles. The molecule has 2 N–H and O–H groups in total. The topological polar surface area (TPSA) is 130 Å². The van der Waals surface area contributed by atoms with E-state index < -0.39 is 23.9 Å². The molecule has 0 bridgehead atoms. The second-order valence-corrected chi connectivity index (χ2v) is 7.07. The summed E-state index contributed by atoms with van der Waals surface area (Å²) in [5.74, 6) is -2.62. The molecule has 0 radical (unpaired) electrons. The van der Waals surface area contributed by atoms with Gasteiger partial charge < -0.3 is 30.2 Å². The number of thioether (sulfide) groups is 2. The molecule has 0 saturated heterocycles. The third-order valence-corrected chi connectivity index (χ3v) is 5.68. The van der Waals surface area contributed by atoms with Crippen LogP contribution in [0, 0.1) is 0 Å². The van der Waals surface area contributed by atoms with Gasteiger partial charge in [-0.25, -0.2) is 0 Å². The van der Waals surface area contributed by atoms with Crippen molar-refractivity contribution in [3.05, 3.63) is 39.6 Å². The maximum Gasteiger partial charge on any atom is 1.00 e. The van der Waals surface area contributed by atoms with Crippen LogP contribution in [0.4, 0.5) is 0 Å². The second kappa shape index (κ2) is 12.4. The van der Waals surface area contributed by atoms with Crippen LogP contribution in [0.25, 0.3) is 0 Å². The summed E-state index contributed by atoms with van der Waals surface area (Å²) in [6.07, 6.45) is -0.0555. The molecule has 0 aromatic heterocycles. The van der Waals surface area contributed by atoms with Crippen molar-refractivity contribution in [1.29, 1.82) is 0 Å². The first kappa shape index (κ1) is 25.9. The molecular formula is C15H13NNa2O6S2. The van der Waals surface area contributed by atoms with Gasteiger partial charge in [0.15, 0.2) is 0 Å². The van der Waals surface area contributed by atoms with E-state index in [1.165, 1.54) is 24.3 Å². The summed E-state index contributed by atoms with van der Waals surface area (Å²) in [4.78, 5) is 34.4. The van der Waals surface area contributed by atoms with Gasteiger partial charge >= 0.3 is 59.1 Å². The molecule has 1 aliphatic rings. The molecule has 0 spiro atoms. The van der Waals surface area contributed by atoms with Crippen molar-refractivity contribution < 1.29 is 88.8 Å². The fraction of sp³-hybridized carbons (Fsp3) is 0.267. The van der Waals surface area contributed by atoms with Gasteiger partial charge in [-0.05, 0) is 24.1 Å². The van der Waals surface area contributed by atoms with Gasteiger partial charge in [-0.2, -0.15) is 0 Å². The molecule has 0 fully saturated rings. The molecule has 26 heavy (non-hydrogen) atoms. The van der Waals surface area contributed by atoms with Crippen molar-refractivity contribution in [2.75, 3.05) is 11.5 Å². The fourth-order valence-corrected chi connectivity index (χ4v) is 4.20. The van der Waals surface area contributed by atoms with Crippen molar-refractivity contribution >= 4 is 41.4 Å². The summed E-state index contributed by atoms with van der Waals surface area (Å²) in [6, 6.07) is 4.51. The van der Waals surface area contributed by atoms with Crippen LogP contribution in [0.3, 0.4) is 0 Å². The van der Waals surface area contributed by atoms with Gasteiger partial charge in [-0.15, -0.1) is 23.5 Å². The van der Waals surface area contributed by atoms with Crippen LogP contribution in [0.1, 0.15) is 5.56 Å². The molecule has 1 unspecified atom stereocenters. The van der Waals surface area contributed by atoms with Gasteiger partial charge in [-0.1, -0.05) is 12.1 Å². The molecule has 11 heteroatoms. The number of amides is 1. The Morgan fingerprint density at radius 3 is 2.08 bits per heavy atom. The first-order valence-electron chi connectivity index (χ1n) is 6.89. The minimum Gasteiger partial charge on any atom is -0.548 e. The van der Waals surface area contributed by atoms with Gasteiger partial charge in [0.05, 0.1) is 22.9 Å². The minimum absolute atomic E-state index is 0. The van der Waals surface area contributed by atoms with Crippen molar-refractivity contribution in [2.24, 2.45) is 0 Å². The SMILES string of the molecule is O=C([O-])C1=C(C(=O)NC(Cc2ccc(O)cc2)C(=O)[O-])SCCS1.[Na+].[Na+]. The van der Waals surface area contributed by atoms with Gasteiger partial charge in [0.1, 0.15) is 5.75 Å². The Balaban J connectivity index is 0.00000312. The number of carboxylic acids is 2. The molecule has 1 atom stereocenters. The molecule has 1 aromatic carbocycles. The third kappa shape index (κ3) is 7.47. The van der Waals surface area contributed by atoms with Crippen molar-refractivity contribution in [3.8, 4) is 5.75 Å². The smallest absolute Gasteiger partial charge is 0.548 e. The van der Waals surface area contributed by atoms with Gasteiger partial charge in [-0.3, -0.25) is 4.79 Å². The molecule has 7 nitrogen and oxygen atoms in total. The van der Waals surface area contributed by atoms with Crippen LogP contribution in [-0.4, -0.2) is 40.5 Å². The van der Waals surface area contributed by atoms with E-state index in [1.807, 2.05) is 0 Å². The Bertz CT molecular complexity index is 696. The van der Waals surface area contributed by atoms with E-state index in [0.29, 0.717) is 17.1 Å². The number of rotatable bonds is 6. The zero-order valence-electron chi connectivity index (χ0n) is 14.3. The summed E-state index contributed by atoms with van der Waals surface area (Å²) >= 11 is 2.04. The number of carboxylic acid groups (broad SMARTS) is 2. The summed E-state index contributed by atoms with van der Waals surface area (Å²) in [7, 11) is 0. The summed E-state index contributed by atoms with van der Waals surface area (Å²) in [5.41, 5.74) is 0.571. The Kier molecular flexibility index (Phi) is 12.3. The van der Waals surface area contributed by atoms with Crippen LogP contribution in [0.5, 0.6) is 5.75 Å². The molecule has 2 rings (SSSR count). The zero-order chi connectivity index (χ0) is 17.7. The summed E-state index contributed by atoms with van der Waals surface area (Å²) < 4.78 is 0. The van der Waals surface area contributed by atoms with E-state index in [9.17, 15) is 29.7 Å². The van der Waals surface area contributed by atoms with E-state index in [4.69, 9.17) is 0 Å². The fourth-order valence-electron chi connectivity index (χ4n) is 2.02. The molecule has 1 aromatic rings. The van der Waals surface area contributed by atoms with E-state index in [0.717, 1.165) is 23.5 Å². The predicted octanol–water partition coefficient (Wildman–Crippen LogP) is -7.38. The number of benzene rings is 1. The maximum absolute atomic E-state index is 12.2. The quantitative estimate of drug-likeness (QED) is 0.440. The second-order valence-electron chi connectivity index (χ2n) is 4.86. The third-order valence-electron chi connectivity index (χ3n) is 3.14. The van der Waals surface area contributed by atoms with Crippen LogP contribution in [0.15, 0.2) is 34.1 Å². The van der Waals surface area contributed by atoms with Gasteiger partial charge in [0.2, 0.25) is 0 Å². The first-order valence-corrected chi connectivity index (χ1v) is 8.86. The van der Waals surface area contributed by atoms with Crippen molar-refractivity contribution in [2.45, 2.75) is 12.5 Å². The monoisotopic (exact) mass is 413 g/mol. The summed E-state index contributed by atoms with van der Waals surface area (Å²) in [5, 5.41) is 33.9. The average molecular weight is 413 g/mol. The number of aliphatic carboxylic acids is 2. The van der Waals surface area contributed by atoms with Crippen molar-refractivity contribution in [3.63, 3.8) is 0 Å². The number of carbonyl (C=O) groups is 3. The van der Waals surface area contributed by atoms with Crippen LogP contribution in [-0.2, 0) is 20.8 Å². The normalized spacial score (nSPS) is 14.5. The van der Waals surface area contributed by atoms with E-state index >= 15 is 0 Å². The summed E-state index contributed by atoms with van der Waals surface area (Å²) in [6.45, 7) is 0. The Labute approximate surface area is 203 Å². The maximum atomic E-state index is 12.2. The number of phenols is 1. The zero-order valence-corrected chi connectivity index (χ0v) is 19.9. The Morgan fingerprint density at radius 2 is 1.58 bits per heavy atom. The minimum atomic E-state index is -1.49. The van der Waals surface area contributed by atoms with Crippen molar-refractivity contribution in [1.82, 2.24) is 5.32 Å². The predicted molar refractivity (Wildman–Crippen MR) is 85.7 cm³/mol. The number of hydrogen-bond donors (Lipinski definition) is 2. The molecule has 0 saturated carbocycles. The van der Waals surface area contributed by atoms with Gasteiger partial charge in [0, 0.05) is 16.4 Å². The van der Waals surface area contributed by atoms with Gasteiger partial charge in [0.25, 0.3) is 5.91 Å². The average Bonchev–Trinajstić information content (AvgIpc) is 2.56. The largest absolute Gasteiger partial charge is 1.00 e. The molecule has 1 aliphatic heterocycles. The number of phenolic OH excluding ortho intramolecular Hbond substituents is 1. The van der Waals surface area contributed by atoms with Crippen LogP contribution < -0.4 is 74.6 Å². The van der Waals surface area contributed by atoms with Crippen LogP contribution in [0.2, 0.25) is 0 Å². The number of aromatic hydroxyl groups is 1. The number of carbonyl (C=O) groups excluding carboxylic acids is 3. The Hall–Kier alpha value is -0.130. The van der Waals surface area contributed by atoms with E-state index in [1.54, 1.807) is 0 Å². The van der Waals surface area contributed by atoms with E-state index in [-0.39, 0.29) is 81.1 Å². The van der Waals surface area contributed by atoms with Crippen LogP contribution >= 0.6 is 23.5 Å². The molecule has 0 aliphatic carbocycles. The number of nitrogens with one attached hydrogen (secondary N) is 1. The number of hydrogen-bond acceptors (Lipinski definition) is 8. The standard InChI is InChI=1S/C15H15NO6S2.2Na/c17-9-3-1-8(2-4-9)7-10(14(19)20)16-13(18)11-12(15(21)22)24-6-5-23-11;;/h1-4,10,17H,5-7H2,(H,16,18)(H,19,20)(H,21,22);;/q;2*+1/p-2. The Morgan fingerprint density at radius 1 is 1.04 bits per heavy atom. The molecule has 128 valence electrons. The molecule has 1 amide bonds. The van der Waals surface area contributed by atoms with E-state index in [2.05, 4.69) is 5.32 Å². The molecular weight excluding hydrogens is 400 g/mol. The first-order chi connectivity index (χ1) is 11.4.